The second kappa shape index (κ2) is 5.61. The number of rotatable bonds is 2. The molecule has 0 aromatic heterocycles. The van der Waals surface area contributed by atoms with Crippen LogP contribution in [-0.4, -0.2) is 44.5 Å². The number of carbonyl (C=O) groups is 1. The van der Waals surface area contributed by atoms with Crippen molar-refractivity contribution in [3.63, 3.8) is 0 Å². The summed E-state index contributed by atoms with van der Waals surface area (Å²) in [6, 6.07) is 1.06. The number of hydrogen-bond acceptors (Lipinski definition) is 4. The van der Waals surface area contributed by atoms with Crippen molar-refractivity contribution < 1.29 is 22.7 Å². The monoisotopic (exact) mass is 304 g/mol. The number of benzene rings is 1. The van der Waals surface area contributed by atoms with Crippen LogP contribution in [0.15, 0.2) is 12.1 Å². The van der Waals surface area contributed by atoms with Crippen LogP contribution in [0, 0.1) is 21.7 Å². The van der Waals surface area contributed by atoms with Crippen molar-refractivity contribution in [2.75, 3.05) is 24.6 Å². The van der Waals surface area contributed by atoms with E-state index in [9.17, 15) is 27.9 Å². The second-order valence-corrected chi connectivity index (χ2v) is 5.88. The third kappa shape index (κ3) is 2.82. The van der Waals surface area contributed by atoms with Crippen molar-refractivity contribution >= 4 is 22.4 Å². The lowest BCUT2D eigenvalue weighted by Gasteiger charge is -2.26. The first kappa shape index (κ1) is 14.5. The number of amides is 1. The minimum absolute atomic E-state index is 0.148. The molecule has 0 spiro atoms. The van der Waals surface area contributed by atoms with Crippen molar-refractivity contribution in [2.45, 2.75) is 0 Å². The summed E-state index contributed by atoms with van der Waals surface area (Å²) in [5, 5.41) is 10.6. The molecule has 2 rings (SSSR count). The average Bonchev–Trinajstić information content (AvgIpc) is 2.41. The van der Waals surface area contributed by atoms with Gasteiger partial charge in [-0.15, -0.1) is 0 Å². The summed E-state index contributed by atoms with van der Waals surface area (Å²) in [6.07, 6.45) is 0. The van der Waals surface area contributed by atoms with Crippen molar-refractivity contribution in [1.82, 2.24) is 4.90 Å². The fourth-order valence-electron chi connectivity index (χ4n) is 1.87. The van der Waals surface area contributed by atoms with E-state index in [1.807, 2.05) is 0 Å². The molecule has 1 fully saturated rings. The standard InChI is InChI=1S/C11H10F2N2O4S/c12-7-5-8(10(13)9(6-7)15(17)18)11(16)14-1-3-20(19)4-2-14/h5-6H,1-4H2. The molecule has 0 saturated carbocycles. The summed E-state index contributed by atoms with van der Waals surface area (Å²) in [5.74, 6) is -2.73. The molecule has 1 heterocycles. The van der Waals surface area contributed by atoms with Crippen LogP contribution in [0.25, 0.3) is 0 Å². The molecule has 0 N–H and O–H groups in total. The smallest absolute Gasteiger partial charge is 0.308 e. The number of halogens is 2. The number of nitro benzene ring substituents is 1. The Kier molecular flexibility index (Phi) is 4.07. The summed E-state index contributed by atoms with van der Waals surface area (Å²) < 4.78 is 38.3. The minimum Gasteiger partial charge on any atom is -0.337 e. The van der Waals surface area contributed by atoms with Crippen LogP contribution in [0.1, 0.15) is 10.4 Å². The molecule has 1 amide bonds. The van der Waals surface area contributed by atoms with Gasteiger partial charge in [0.15, 0.2) is 0 Å². The Bertz CT molecular complexity index is 598. The lowest BCUT2D eigenvalue weighted by atomic mass is 10.1. The minimum atomic E-state index is -1.35. The molecule has 0 unspecified atom stereocenters. The van der Waals surface area contributed by atoms with Crippen LogP contribution in [0.5, 0.6) is 0 Å². The molecule has 1 aliphatic rings. The molecule has 1 aliphatic heterocycles. The van der Waals surface area contributed by atoms with Gasteiger partial charge in [-0.25, -0.2) is 4.39 Å². The van der Waals surface area contributed by atoms with E-state index >= 15 is 0 Å². The van der Waals surface area contributed by atoms with Crippen LogP contribution < -0.4 is 0 Å². The number of hydrogen-bond donors (Lipinski definition) is 0. The van der Waals surface area contributed by atoms with Gasteiger partial charge >= 0.3 is 5.69 Å². The zero-order valence-electron chi connectivity index (χ0n) is 10.2. The Morgan fingerprint density at radius 3 is 2.45 bits per heavy atom. The molecule has 6 nitrogen and oxygen atoms in total. The van der Waals surface area contributed by atoms with Gasteiger partial charge in [0, 0.05) is 35.4 Å². The third-order valence-corrected chi connectivity index (χ3v) is 4.19. The fraction of sp³-hybridized carbons (Fsp3) is 0.364. The predicted octanol–water partition coefficient (Wildman–Crippen LogP) is 1.08. The molecule has 9 heteroatoms. The maximum Gasteiger partial charge on any atom is 0.308 e. The van der Waals surface area contributed by atoms with Crippen LogP contribution in [-0.2, 0) is 10.8 Å². The molecule has 20 heavy (non-hydrogen) atoms. The highest BCUT2D eigenvalue weighted by atomic mass is 32.2. The Hall–Kier alpha value is -1.90. The van der Waals surface area contributed by atoms with E-state index in [4.69, 9.17) is 0 Å². The number of nitrogens with zero attached hydrogens (tertiary/aromatic N) is 2. The van der Waals surface area contributed by atoms with Gasteiger partial charge < -0.3 is 4.90 Å². The largest absolute Gasteiger partial charge is 0.337 e. The highest BCUT2D eigenvalue weighted by Gasteiger charge is 2.28. The fourth-order valence-corrected chi connectivity index (χ4v) is 2.93. The Morgan fingerprint density at radius 2 is 1.90 bits per heavy atom. The molecule has 1 saturated heterocycles. The van der Waals surface area contributed by atoms with E-state index in [1.165, 1.54) is 4.90 Å². The van der Waals surface area contributed by atoms with E-state index in [0.717, 1.165) is 0 Å². The maximum atomic E-state index is 13.9. The normalized spacial score (nSPS) is 16.2. The molecule has 0 atom stereocenters. The van der Waals surface area contributed by atoms with Crippen molar-refractivity contribution in [3.8, 4) is 0 Å². The van der Waals surface area contributed by atoms with Crippen LogP contribution in [0.4, 0.5) is 14.5 Å². The molecular formula is C11H10F2N2O4S. The van der Waals surface area contributed by atoms with Gasteiger partial charge in [0.1, 0.15) is 5.82 Å². The van der Waals surface area contributed by atoms with Gasteiger partial charge in [0.05, 0.1) is 16.6 Å². The molecule has 0 bridgehead atoms. The first-order valence-corrected chi connectivity index (χ1v) is 7.16. The van der Waals surface area contributed by atoms with Crippen molar-refractivity contribution in [1.29, 1.82) is 0 Å². The van der Waals surface area contributed by atoms with E-state index < -0.39 is 44.5 Å². The summed E-state index contributed by atoms with van der Waals surface area (Å²) in [6.45, 7) is 0.296. The van der Waals surface area contributed by atoms with Gasteiger partial charge in [0.2, 0.25) is 5.82 Å². The summed E-state index contributed by atoms with van der Waals surface area (Å²) in [7, 11) is -1.03. The van der Waals surface area contributed by atoms with E-state index in [0.29, 0.717) is 12.1 Å². The summed E-state index contributed by atoms with van der Waals surface area (Å²) in [4.78, 5) is 22.8. The molecular weight excluding hydrogens is 294 g/mol. The molecule has 1 aromatic rings. The average molecular weight is 304 g/mol. The molecule has 0 aliphatic carbocycles. The Morgan fingerprint density at radius 1 is 1.30 bits per heavy atom. The molecule has 0 radical (unpaired) electrons. The first-order valence-electron chi connectivity index (χ1n) is 5.68. The van der Waals surface area contributed by atoms with E-state index in [2.05, 4.69) is 0 Å². The topological polar surface area (TPSA) is 80.5 Å². The van der Waals surface area contributed by atoms with Crippen LogP contribution in [0.3, 0.4) is 0 Å². The lowest BCUT2D eigenvalue weighted by Crippen LogP contribution is -2.42. The van der Waals surface area contributed by atoms with Gasteiger partial charge in [-0.05, 0) is 6.07 Å². The highest BCUT2D eigenvalue weighted by molar-refractivity contribution is 7.85. The van der Waals surface area contributed by atoms with Crippen LogP contribution >= 0.6 is 0 Å². The zero-order chi connectivity index (χ0) is 14.9. The Labute approximate surface area is 115 Å². The van der Waals surface area contributed by atoms with Crippen molar-refractivity contribution in [3.05, 3.63) is 39.4 Å². The third-order valence-electron chi connectivity index (χ3n) is 2.91. The highest BCUT2D eigenvalue weighted by Crippen LogP contribution is 2.23. The zero-order valence-corrected chi connectivity index (χ0v) is 11.0. The number of carbonyl (C=O) groups excluding carboxylic acids is 1. The van der Waals surface area contributed by atoms with Gasteiger partial charge in [-0.2, -0.15) is 4.39 Å². The number of nitro groups is 1. The van der Waals surface area contributed by atoms with Crippen molar-refractivity contribution in [2.24, 2.45) is 0 Å². The second-order valence-electron chi connectivity index (χ2n) is 4.18. The molecule has 1 aromatic carbocycles. The predicted molar refractivity (Wildman–Crippen MR) is 66.8 cm³/mol. The van der Waals surface area contributed by atoms with Crippen LogP contribution in [0.2, 0.25) is 0 Å². The SMILES string of the molecule is O=C(c1cc(F)cc([N+](=O)[O-])c1F)N1CCS(=O)CC1. The van der Waals surface area contributed by atoms with Gasteiger partial charge in [0.25, 0.3) is 5.91 Å². The quantitative estimate of drug-likeness (QED) is 0.605. The van der Waals surface area contributed by atoms with E-state index in [-0.39, 0.29) is 24.6 Å². The first-order chi connectivity index (χ1) is 9.40. The Balaban J connectivity index is 2.34. The maximum absolute atomic E-state index is 13.9. The van der Waals surface area contributed by atoms with E-state index in [1.54, 1.807) is 0 Å². The summed E-state index contributed by atoms with van der Waals surface area (Å²) >= 11 is 0. The molecule has 108 valence electrons. The van der Waals surface area contributed by atoms with Gasteiger partial charge in [-0.3, -0.25) is 19.1 Å². The lowest BCUT2D eigenvalue weighted by molar-refractivity contribution is -0.387. The van der Waals surface area contributed by atoms with Gasteiger partial charge in [-0.1, -0.05) is 0 Å². The summed E-state index contributed by atoms with van der Waals surface area (Å²) in [5.41, 5.74) is -1.75.